The summed E-state index contributed by atoms with van der Waals surface area (Å²) in [5.74, 6) is -0.719. The lowest BCUT2D eigenvalue weighted by atomic mass is 9.96. The Morgan fingerprint density at radius 2 is 1.92 bits per heavy atom. The van der Waals surface area contributed by atoms with Gasteiger partial charge in [-0.05, 0) is 17.7 Å². The number of hydrogen-bond acceptors (Lipinski definition) is 7. The van der Waals surface area contributed by atoms with Crippen LogP contribution in [0, 0.1) is 22.7 Å². The first kappa shape index (κ1) is 17.9. The third kappa shape index (κ3) is 3.25. The summed E-state index contributed by atoms with van der Waals surface area (Å²) in [5.41, 5.74) is 4.80. The maximum absolute atomic E-state index is 12.0. The van der Waals surface area contributed by atoms with E-state index in [2.05, 4.69) is 4.98 Å². The third-order valence-electron chi connectivity index (χ3n) is 3.23. The lowest BCUT2D eigenvalue weighted by molar-refractivity contribution is -0.132. The van der Waals surface area contributed by atoms with Crippen molar-refractivity contribution >= 4 is 23.4 Å². The fourth-order valence-corrected chi connectivity index (χ4v) is 2.49. The molecular weight excluding hydrogens is 348 g/mol. The quantitative estimate of drug-likeness (QED) is 0.630. The fraction of sp³-hybridized carbons (Fsp3) is 0.125. The lowest BCUT2D eigenvalue weighted by Gasteiger charge is -2.14. The van der Waals surface area contributed by atoms with Gasteiger partial charge in [-0.2, -0.15) is 10.5 Å². The number of aromatic nitrogens is 1. The first-order chi connectivity index (χ1) is 11.8. The Labute approximate surface area is 147 Å². The molecule has 0 radical (unpaired) electrons. The molecule has 2 aromatic rings. The van der Waals surface area contributed by atoms with Crippen molar-refractivity contribution in [3.05, 3.63) is 38.6 Å². The van der Waals surface area contributed by atoms with Gasteiger partial charge in [-0.1, -0.05) is 11.6 Å². The molecule has 0 aliphatic heterocycles. The number of halogens is 1. The minimum absolute atomic E-state index is 0.00353. The Balaban J connectivity index is 2.87. The Hall–Kier alpha value is -3.49. The summed E-state index contributed by atoms with van der Waals surface area (Å²) in [4.78, 5) is 25.4. The lowest BCUT2D eigenvalue weighted by Crippen LogP contribution is -2.16. The van der Waals surface area contributed by atoms with Crippen LogP contribution in [0.25, 0.3) is 11.1 Å². The molecule has 0 fully saturated rings. The Morgan fingerprint density at radius 1 is 1.28 bits per heavy atom. The monoisotopic (exact) mass is 358 g/mol. The first-order valence-electron chi connectivity index (χ1n) is 6.76. The molecule has 1 aromatic heterocycles. The number of nitrogens with one attached hydrogen (secondary N) is 1. The first-order valence-corrected chi connectivity index (χ1v) is 7.14. The molecule has 0 spiro atoms. The molecule has 2 rings (SSSR count). The average molecular weight is 359 g/mol. The van der Waals surface area contributed by atoms with Gasteiger partial charge < -0.3 is 20.2 Å². The maximum Gasteiger partial charge on any atom is 0.308 e. The predicted molar refractivity (Wildman–Crippen MR) is 89.2 cm³/mol. The molecule has 3 N–H and O–H groups in total. The number of carbonyl (C=O) groups excluding carboxylic acids is 1. The van der Waals surface area contributed by atoms with Crippen LogP contribution < -0.4 is 20.8 Å². The van der Waals surface area contributed by atoms with Gasteiger partial charge in [0, 0.05) is 12.5 Å². The van der Waals surface area contributed by atoms with Crippen molar-refractivity contribution in [3.8, 4) is 34.8 Å². The molecule has 0 saturated carbocycles. The highest BCUT2D eigenvalue weighted by molar-refractivity contribution is 6.32. The van der Waals surface area contributed by atoms with Gasteiger partial charge in [0.25, 0.3) is 5.56 Å². The van der Waals surface area contributed by atoms with Crippen molar-refractivity contribution in [2.75, 3.05) is 12.8 Å². The molecular formula is C16H11ClN4O4. The zero-order valence-electron chi connectivity index (χ0n) is 13.1. The molecule has 0 bridgehead atoms. The van der Waals surface area contributed by atoms with Crippen LogP contribution in [0.3, 0.4) is 0 Å². The van der Waals surface area contributed by atoms with Gasteiger partial charge in [0.2, 0.25) is 0 Å². The van der Waals surface area contributed by atoms with Crippen LogP contribution in [0.2, 0.25) is 5.02 Å². The van der Waals surface area contributed by atoms with E-state index in [1.807, 2.05) is 6.07 Å². The standard InChI is InChI=1S/C16H11ClN4O4/c1-7(22)25-14-11(17)3-8(4-12(14)24-2)13-9(5-18)15(20)21-16(23)10(13)6-19/h3-4H,1-2H3,(H3,20,21,23). The van der Waals surface area contributed by atoms with Crippen molar-refractivity contribution in [3.63, 3.8) is 0 Å². The number of nitriles is 2. The molecule has 0 unspecified atom stereocenters. The highest BCUT2D eigenvalue weighted by Crippen LogP contribution is 2.41. The van der Waals surface area contributed by atoms with E-state index in [-0.39, 0.29) is 44.6 Å². The molecule has 0 saturated heterocycles. The molecule has 0 atom stereocenters. The summed E-state index contributed by atoms with van der Waals surface area (Å²) in [6.07, 6.45) is 0. The number of aromatic amines is 1. The van der Waals surface area contributed by atoms with E-state index in [1.54, 1.807) is 6.07 Å². The van der Waals surface area contributed by atoms with Gasteiger partial charge >= 0.3 is 5.97 Å². The number of methoxy groups -OCH3 is 1. The van der Waals surface area contributed by atoms with Crippen LogP contribution in [0.5, 0.6) is 11.5 Å². The van der Waals surface area contributed by atoms with Gasteiger partial charge in [-0.25, -0.2) is 0 Å². The number of benzene rings is 1. The van der Waals surface area contributed by atoms with E-state index >= 15 is 0 Å². The Morgan fingerprint density at radius 3 is 2.44 bits per heavy atom. The van der Waals surface area contributed by atoms with Crippen LogP contribution in [-0.4, -0.2) is 18.1 Å². The van der Waals surface area contributed by atoms with Crippen LogP contribution in [-0.2, 0) is 4.79 Å². The fourth-order valence-electron chi connectivity index (χ4n) is 2.24. The summed E-state index contributed by atoms with van der Waals surface area (Å²) in [6.45, 7) is 1.20. The summed E-state index contributed by atoms with van der Waals surface area (Å²) in [7, 11) is 1.32. The van der Waals surface area contributed by atoms with E-state index in [4.69, 9.17) is 26.8 Å². The molecule has 126 valence electrons. The molecule has 1 aromatic carbocycles. The summed E-state index contributed by atoms with van der Waals surface area (Å²) >= 11 is 6.14. The zero-order valence-corrected chi connectivity index (χ0v) is 13.9. The average Bonchev–Trinajstić information content (AvgIpc) is 2.55. The van der Waals surface area contributed by atoms with E-state index in [0.29, 0.717) is 0 Å². The van der Waals surface area contributed by atoms with E-state index in [9.17, 15) is 20.1 Å². The van der Waals surface area contributed by atoms with Gasteiger partial charge in [0.15, 0.2) is 11.5 Å². The van der Waals surface area contributed by atoms with E-state index in [1.165, 1.54) is 26.2 Å². The molecule has 0 amide bonds. The van der Waals surface area contributed by atoms with Crippen molar-refractivity contribution in [1.29, 1.82) is 10.5 Å². The number of pyridine rings is 1. The second kappa shape index (κ2) is 6.95. The minimum Gasteiger partial charge on any atom is -0.493 e. The van der Waals surface area contributed by atoms with Crippen molar-refractivity contribution in [1.82, 2.24) is 4.98 Å². The molecule has 25 heavy (non-hydrogen) atoms. The normalized spacial score (nSPS) is 9.80. The summed E-state index contributed by atoms with van der Waals surface area (Å²) < 4.78 is 10.2. The minimum atomic E-state index is -0.742. The Bertz CT molecular complexity index is 1010. The largest absolute Gasteiger partial charge is 0.493 e. The van der Waals surface area contributed by atoms with Crippen molar-refractivity contribution in [2.45, 2.75) is 6.92 Å². The number of nitrogens with two attached hydrogens (primary N) is 1. The Kier molecular flexibility index (Phi) is 4.97. The van der Waals surface area contributed by atoms with Crippen LogP contribution in [0.15, 0.2) is 16.9 Å². The smallest absolute Gasteiger partial charge is 0.308 e. The van der Waals surface area contributed by atoms with Gasteiger partial charge in [-0.15, -0.1) is 0 Å². The number of esters is 1. The molecule has 8 nitrogen and oxygen atoms in total. The van der Waals surface area contributed by atoms with Crippen LogP contribution >= 0.6 is 11.6 Å². The molecule has 1 heterocycles. The topological polar surface area (TPSA) is 142 Å². The second-order valence-electron chi connectivity index (χ2n) is 4.80. The highest BCUT2D eigenvalue weighted by atomic mass is 35.5. The van der Waals surface area contributed by atoms with Crippen molar-refractivity contribution in [2.24, 2.45) is 0 Å². The van der Waals surface area contributed by atoms with E-state index in [0.717, 1.165) is 0 Å². The van der Waals surface area contributed by atoms with Crippen LogP contribution in [0.4, 0.5) is 5.82 Å². The SMILES string of the molecule is COc1cc(-c2c(C#N)c(N)[nH]c(=O)c2C#N)cc(Cl)c1OC(C)=O. The maximum atomic E-state index is 12.0. The predicted octanol–water partition coefficient (Wildman–Crippen LogP) is 1.95. The van der Waals surface area contributed by atoms with Gasteiger partial charge in [0.1, 0.15) is 29.1 Å². The molecule has 9 heteroatoms. The van der Waals surface area contributed by atoms with E-state index < -0.39 is 11.5 Å². The number of carbonyl (C=O) groups is 1. The second-order valence-corrected chi connectivity index (χ2v) is 5.21. The third-order valence-corrected chi connectivity index (χ3v) is 3.51. The number of nitrogen functional groups attached to an aromatic ring is 1. The molecule has 0 aliphatic carbocycles. The van der Waals surface area contributed by atoms with Gasteiger partial charge in [0.05, 0.1) is 12.1 Å². The number of anilines is 1. The number of hydrogen-bond donors (Lipinski definition) is 2. The van der Waals surface area contributed by atoms with Crippen LogP contribution in [0.1, 0.15) is 18.1 Å². The number of H-pyrrole nitrogens is 1. The number of ether oxygens (including phenoxy) is 2. The van der Waals surface area contributed by atoms with Crippen molar-refractivity contribution < 1.29 is 14.3 Å². The van der Waals surface area contributed by atoms with Gasteiger partial charge in [-0.3, -0.25) is 9.59 Å². The summed E-state index contributed by atoms with van der Waals surface area (Å²) in [6, 6.07) is 6.34. The highest BCUT2D eigenvalue weighted by Gasteiger charge is 2.22. The molecule has 0 aliphatic rings. The zero-order chi connectivity index (χ0) is 18.7. The number of nitrogens with zero attached hydrogens (tertiary/aromatic N) is 2. The number of rotatable bonds is 3. The summed E-state index contributed by atoms with van der Waals surface area (Å²) in [5, 5.41) is 18.6.